The van der Waals surface area contributed by atoms with Crippen molar-refractivity contribution < 1.29 is 9.53 Å². The molecule has 0 aliphatic carbocycles. The van der Waals surface area contributed by atoms with Crippen LogP contribution in [0.5, 0.6) is 5.75 Å². The largest absolute Gasteiger partial charge is 0.485 e. The minimum absolute atomic E-state index is 0.0758. The average Bonchev–Trinajstić information content (AvgIpc) is 2.59. The van der Waals surface area contributed by atoms with E-state index in [9.17, 15) is 4.79 Å². The number of carbonyl (C=O) groups is 1. The van der Waals surface area contributed by atoms with Gasteiger partial charge in [0.25, 0.3) is 0 Å². The third kappa shape index (κ3) is 1.43. The summed E-state index contributed by atoms with van der Waals surface area (Å²) in [6.45, 7) is 5.82. The van der Waals surface area contributed by atoms with Gasteiger partial charge in [-0.05, 0) is 36.3 Å². The Kier molecular flexibility index (Phi) is 2.12. The summed E-state index contributed by atoms with van der Waals surface area (Å²) in [5.74, 6) is 0.878. The van der Waals surface area contributed by atoms with Crippen molar-refractivity contribution in [3.8, 4) is 5.75 Å². The first-order valence-electron chi connectivity index (χ1n) is 4.61. The molecule has 1 aliphatic rings. The summed E-state index contributed by atoms with van der Waals surface area (Å²) in [5.41, 5.74) is 2.83. The van der Waals surface area contributed by atoms with Gasteiger partial charge in [0.2, 0.25) is 0 Å². The maximum absolute atomic E-state index is 10.6. The zero-order valence-electron chi connectivity index (χ0n) is 8.12. The molecule has 1 aromatic carbocycles. The van der Waals surface area contributed by atoms with Crippen molar-refractivity contribution in [1.29, 1.82) is 0 Å². The second-order valence-corrected chi connectivity index (χ2v) is 3.64. The molecule has 1 atom stereocenters. The SMILES string of the molecule is C=C(C)[C@@H]1Cc2cc(C=O)ccc2O1. The topological polar surface area (TPSA) is 26.3 Å². The number of ether oxygens (including phenoxy) is 1. The lowest BCUT2D eigenvalue weighted by Gasteiger charge is -2.08. The first kappa shape index (κ1) is 9.00. The van der Waals surface area contributed by atoms with Crippen LogP contribution in [0.1, 0.15) is 22.8 Å². The average molecular weight is 188 g/mol. The number of fused-ring (bicyclic) bond motifs is 1. The fraction of sp³-hybridized carbons (Fsp3) is 0.250. The Morgan fingerprint density at radius 1 is 1.64 bits per heavy atom. The highest BCUT2D eigenvalue weighted by molar-refractivity contribution is 5.75. The van der Waals surface area contributed by atoms with Crippen LogP contribution in [0, 0.1) is 0 Å². The summed E-state index contributed by atoms with van der Waals surface area (Å²) in [7, 11) is 0. The molecule has 2 nitrogen and oxygen atoms in total. The van der Waals surface area contributed by atoms with Gasteiger partial charge in [0.15, 0.2) is 0 Å². The fourth-order valence-corrected chi connectivity index (χ4v) is 1.62. The molecule has 0 unspecified atom stereocenters. The second kappa shape index (κ2) is 3.29. The lowest BCUT2D eigenvalue weighted by Crippen LogP contribution is -2.13. The number of carbonyl (C=O) groups excluding carboxylic acids is 1. The van der Waals surface area contributed by atoms with Crippen LogP contribution >= 0.6 is 0 Å². The van der Waals surface area contributed by atoms with Gasteiger partial charge in [-0.1, -0.05) is 6.58 Å². The van der Waals surface area contributed by atoms with Gasteiger partial charge in [0, 0.05) is 12.0 Å². The Balaban J connectivity index is 2.31. The summed E-state index contributed by atoms with van der Waals surface area (Å²) in [4.78, 5) is 10.6. The molecule has 72 valence electrons. The molecule has 14 heavy (non-hydrogen) atoms. The standard InChI is InChI=1S/C12H12O2/c1-8(2)12-6-10-5-9(7-13)3-4-11(10)14-12/h3-5,7,12H,1,6H2,2H3/t12-/m0/s1. The van der Waals surface area contributed by atoms with Crippen LogP contribution in [0.4, 0.5) is 0 Å². The normalized spacial score (nSPS) is 18.5. The molecule has 0 N–H and O–H groups in total. The van der Waals surface area contributed by atoms with Crippen LogP contribution in [0.2, 0.25) is 0 Å². The van der Waals surface area contributed by atoms with Gasteiger partial charge in [0.05, 0.1) is 0 Å². The fourth-order valence-electron chi connectivity index (χ4n) is 1.62. The first-order valence-corrected chi connectivity index (χ1v) is 4.61. The van der Waals surface area contributed by atoms with Crippen molar-refractivity contribution in [1.82, 2.24) is 0 Å². The Hall–Kier alpha value is -1.57. The second-order valence-electron chi connectivity index (χ2n) is 3.64. The zero-order chi connectivity index (χ0) is 10.1. The van der Waals surface area contributed by atoms with Crippen molar-refractivity contribution in [2.45, 2.75) is 19.4 Å². The first-order chi connectivity index (χ1) is 6.70. The Bertz CT molecular complexity index is 393. The van der Waals surface area contributed by atoms with Crippen molar-refractivity contribution >= 4 is 6.29 Å². The van der Waals surface area contributed by atoms with Crippen molar-refractivity contribution in [3.05, 3.63) is 41.5 Å². The molecule has 2 heteroatoms. The predicted molar refractivity (Wildman–Crippen MR) is 54.8 cm³/mol. The minimum atomic E-state index is 0.0758. The Morgan fingerprint density at radius 2 is 2.43 bits per heavy atom. The van der Waals surface area contributed by atoms with Gasteiger partial charge in [-0.25, -0.2) is 0 Å². The molecular weight excluding hydrogens is 176 g/mol. The molecule has 0 saturated carbocycles. The molecule has 1 heterocycles. The minimum Gasteiger partial charge on any atom is -0.485 e. The zero-order valence-corrected chi connectivity index (χ0v) is 8.12. The maximum atomic E-state index is 10.6. The number of rotatable bonds is 2. The van der Waals surface area contributed by atoms with E-state index >= 15 is 0 Å². The van der Waals surface area contributed by atoms with Gasteiger partial charge in [0.1, 0.15) is 18.1 Å². The highest BCUT2D eigenvalue weighted by Gasteiger charge is 2.23. The lowest BCUT2D eigenvalue weighted by molar-refractivity contribution is 0.112. The van der Waals surface area contributed by atoms with E-state index in [4.69, 9.17) is 4.74 Å². The summed E-state index contributed by atoms with van der Waals surface area (Å²) in [5, 5.41) is 0. The molecule has 0 bridgehead atoms. The van der Waals surface area contributed by atoms with Crippen LogP contribution < -0.4 is 4.74 Å². The summed E-state index contributed by atoms with van der Waals surface area (Å²) in [6, 6.07) is 5.50. The number of hydrogen-bond acceptors (Lipinski definition) is 2. The maximum Gasteiger partial charge on any atom is 0.150 e. The Labute approximate surface area is 83.2 Å². The Morgan fingerprint density at radius 3 is 3.07 bits per heavy atom. The van der Waals surface area contributed by atoms with Crippen molar-refractivity contribution in [2.24, 2.45) is 0 Å². The van der Waals surface area contributed by atoms with Gasteiger partial charge in [-0.15, -0.1) is 0 Å². The number of aldehydes is 1. The van der Waals surface area contributed by atoms with E-state index in [1.165, 1.54) is 0 Å². The van der Waals surface area contributed by atoms with Gasteiger partial charge in [-0.3, -0.25) is 4.79 Å². The van der Waals surface area contributed by atoms with E-state index < -0.39 is 0 Å². The third-order valence-electron chi connectivity index (χ3n) is 2.44. The summed E-state index contributed by atoms with van der Waals surface area (Å²) < 4.78 is 5.65. The highest BCUT2D eigenvalue weighted by atomic mass is 16.5. The van der Waals surface area contributed by atoms with Crippen molar-refractivity contribution in [2.75, 3.05) is 0 Å². The van der Waals surface area contributed by atoms with E-state index in [0.717, 1.165) is 29.6 Å². The van der Waals surface area contributed by atoms with Crippen LogP contribution in [-0.4, -0.2) is 12.4 Å². The summed E-state index contributed by atoms with van der Waals surface area (Å²) in [6.07, 6.45) is 1.76. The number of benzene rings is 1. The molecule has 0 spiro atoms. The van der Waals surface area contributed by atoms with E-state index in [1.807, 2.05) is 19.1 Å². The lowest BCUT2D eigenvalue weighted by atomic mass is 10.0. The molecule has 0 fully saturated rings. The molecule has 0 radical (unpaired) electrons. The molecule has 1 aliphatic heterocycles. The highest BCUT2D eigenvalue weighted by Crippen LogP contribution is 2.31. The molecule has 2 rings (SSSR count). The quantitative estimate of drug-likeness (QED) is 0.526. The van der Waals surface area contributed by atoms with Crippen LogP contribution in [0.15, 0.2) is 30.4 Å². The van der Waals surface area contributed by atoms with Crippen molar-refractivity contribution in [3.63, 3.8) is 0 Å². The van der Waals surface area contributed by atoms with E-state index in [-0.39, 0.29) is 6.10 Å². The van der Waals surface area contributed by atoms with Gasteiger partial charge < -0.3 is 4.74 Å². The molecule has 0 saturated heterocycles. The van der Waals surface area contributed by atoms with Crippen LogP contribution in [0.25, 0.3) is 0 Å². The van der Waals surface area contributed by atoms with Gasteiger partial charge in [-0.2, -0.15) is 0 Å². The van der Waals surface area contributed by atoms with Gasteiger partial charge >= 0.3 is 0 Å². The molecule has 0 aromatic heterocycles. The molecule has 0 amide bonds. The summed E-state index contributed by atoms with van der Waals surface area (Å²) >= 11 is 0. The van der Waals surface area contributed by atoms with E-state index in [1.54, 1.807) is 6.07 Å². The van der Waals surface area contributed by atoms with Crippen LogP contribution in [-0.2, 0) is 6.42 Å². The van der Waals surface area contributed by atoms with E-state index in [2.05, 4.69) is 6.58 Å². The molecule has 1 aromatic rings. The monoisotopic (exact) mass is 188 g/mol. The van der Waals surface area contributed by atoms with Crippen LogP contribution in [0.3, 0.4) is 0 Å². The predicted octanol–water partition coefficient (Wildman–Crippen LogP) is 2.38. The smallest absolute Gasteiger partial charge is 0.150 e. The molecular formula is C12H12O2. The number of hydrogen-bond donors (Lipinski definition) is 0. The third-order valence-corrected chi connectivity index (χ3v) is 2.44. The van der Waals surface area contributed by atoms with E-state index in [0.29, 0.717) is 5.56 Å².